The zero-order valence-corrected chi connectivity index (χ0v) is 17.5. The van der Waals surface area contributed by atoms with E-state index in [2.05, 4.69) is 10.3 Å². The Kier molecular flexibility index (Phi) is 4.94. The van der Waals surface area contributed by atoms with E-state index in [9.17, 15) is 13.2 Å². The number of hydrogen-bond donors (Lipinski definition) is 0. The third-order valence-electron chi connectivity index (χ3n) is 6.19. The van der Waals surface area contributed by atoms with Crippen LogP contribution < -0.4 is 5.56 Å². The van der Waals surface area contributed by atoms with Gasteiger partial charge in [-0.15, -0.1) is 0 Å². The predicted molar refractivity (Wildman–Crippen MR) is 111 cm³/mol. The van der Waals surface area contributed by atoms with Crippen molar-refractivity contribution in [1.82, 2.24) is 19.2 Å². The Morgan fingerprint density at radius 1 is 1.13 bits per heavy atom. The standard InChI is InChI=1S/C21H24N4O4S/c26-21-12-16-4-3-6-18(16)22-25(21)13-15-8-10-24(11-9-15)30(27,28)14-19-17-5-1-2-7-20(17)29-23-19/h1-2,5,7,12,15H,3-4,6,8-11,13-14H2. The number of nitrogens with zero attached hydrogens (tertiary/aromatic N) is 4. The molecular weight excluding hydrogens is 404 g/mol. The normalized spacial score (nSPS) is 18.1. The van der Waals surface area contributed by atoms with Crippen LogP contribution in [0.15, 0.2) is 39.6 Å². The molecule has 0 bridgehead atoms. The maximum absolute atomic E-state index is 12.9. The van der Waals surface area contributed by atoms with Crippen molar-refractivity contribution < 1.29 is 12.9 Å². The Morgan fingerprint density at radius 3 is 2.77 bits per heavy atom. The fourth-order valence-corrected chi connectivity index (χ4v) is 5.99. The molecule has 8 nitrogen and oxygen atoms in total. The molecule has 0 radical (unpaired) electrons. The smallest absolute Gasteiger partial charge is 0.267 e. The maximum Gasteiger partial charge on any atom is 0.267 e. The van der Waals surface area contributed by atoms with Crippen molar-refractivity contribution in [3.63, 3.8) is 0 Å². The van der Waals surface area contributed by atoms with Gasteiger partial charge in [0.1, 0.15) is 11.4 Å². The quantitative estimate of drug-likeness (QED) is 0.617. The van der Waals surface area contributed by atoms with Crippen LogP contribution in [-0.2, 0) is 35.2 Å². The molecule has 2 aliphatic rings. The van der Waals surface area contributed by atoms with E-state index in [0.717, 1.165) is 35.9 Å². The molecule has 1 fully saturated rings. The van der Waals surface area contributed by atoms with E-state index in [1.165, 1.54) is 4.31 Å². The molecule has 1 aliphatic carbocycles. The molecule has 0 N–H and O–H groups in total. The van der Waals surface area contributed by atoms with Crippen LogP contribution in [0.3, 0.4) is 0 Å². The van der Waals surface area contributed by atoms with Crippen molar-refractivity contribution in [2.75, 3.05) is 13.1 Å². The molecular formula is C21H24N4O4S. The van der Waals surface area contributed by atoms with Crippen molar-refractivity contribution in [2.24, 2.45) is 5.92 Å². The predicted octanol–water partition coefficient (Wildman–Crippen LogP) is 2.12. The monoisotopic (exact) mass is 428 g/mol. The van der Waals surface area contributed by atoms with Crippen LogP contribution in [0, 0.1) is 5.92 Å². The first-order valence-corrected chi connectivity index (χ1v) is 12.0. The summed E-state index contributed by atoms with van der Waals surface area (Å²) in [5.41, 5.74) is 3.10. The minimum absolute atomic E-state index is 0.0522. The third-order valence-corrected chi connectivity index (χ3v) is 7.98. The molecule has 1 aromatic carbocycles. The van der Waals surface area contributed by atoms with E-state index in [1.54, 1.807) is 16.8 Å². The van der Waals surface area contributed by atoms with E-state index < -0.39 is 10.0 Å². The summed E-state index contributed by atoms with van der Waals surface area (Å²) in [4.78, 5) is 12.3. The van der Waals surface area contributed by atoms with Crippen LogP contribution >= 0.6 is 0 Å². The fraction of sp³-hybridized carbons (Fsp3) is 0.476. The molecule has 0 saturated carbocycles. The second kappa shape index (κ2) is 7.63. The Morgan fingerprint density at radius 2 is 1.93 bits per heavy atom. The summed E-state index contributed by atoms with van der Waals surface area (Å²) in [6.07, 6.45) is 4.36. The first-order valence-electron chi connectivity index (χ1n) is 10.4. The number of rotatable bonds is 5. The lowest BCUT2D eigenvalue weighted by Gasteiger charge is -2.31. The van der Waals surface area contributed by atoms with E-state index in [4.69, 9.17) is 4.52 Å². The van der Waals surface area contributed by atoms with Gasteiger partial charge in [-0.1, -0.05) is 17.3 Å². The summed E-state index contributed by atoms with van der Waals surface area (Å²) >= 11 is 0. The number of piperidine rings is 1. The molecule has 2 aromatic heterocycles. The second-order valence-corrected chi connectivity index (χ2v) is 10.2. The van der Waals surface area contributed by atoms with Gasteiger partial charge in [-0.25, -0.2) is 17.4 Å². The van der Waals surface area contributed by atoms with Gasteiger partial charge in [-0.05, 0) is 55.7 Å². The molecule has 30 heavy (non-hydrogen) atoms. The van der Waals surface area contributed by atoms with Gasteiger partial charge in [0.25, 0.3) is 5.56 Å². The zero-order chi connectivity index (χ0) is 20.7. The van der Waals surface area contributed by atoms with Crippen molar-refractivity contribution in [3.8, 4) is 0 Å². The molecule has 0 spiro atoms. The molecule has 0 unspecified atom stereocenters. The van der Waals surface area contributed by atoms with Gasteiger partial charge in [0.05, 0.1) is 5.69 Å². The number of aryl methyl sites for hydroxylation is 2. The van der Waals surface area contributed by atoms with Crippen LogP contribution in [0.25, 0.3) is 11.0 Å². The highest BCUT2D eigenvalue weighted by Gasteiger charge is 2.30. The zero-order valence-electron chi connectivity index (χ0n) is 16.7. The summed E-state index contributed by atoms with van der Waals surface area (Å²) in [6, 6.07) is 8.99. The first-order chi connectivity index (χ1) is 14.5. The summed E-state index contributed by atoms with van der Waals surface area (Å²) < 4.78 is 34.2. The van der Waals surface area contributed by atoms with E-state index in [0.29, 0.717) is 43.8 Å². The van der Waals surface area contributed by atoms with Crippen LogP contribution in [0.1, 0.15) is 36.2 Å². The molecule has 5 rings (SSSR count). The van der Waals surface area contributed by atoms with Gasteiger partial charge < -0.3 is 4.52 Å². The average Bonchev–Trinajstić information content (AvgIpc) is 3.35. The first kappa shape index (κ1) is 19.4. The van der Waals surface area contributed by atoms with Gasteiger partial charge in [-0.2, -0.15) is 5.10 Å². The minimum atomic E-state index is -3.48. The van der Waals surface area contributed by atoms with Crippen LogP contribution in [0.4, 0.5) is 0 Å². The lowest BCUT2D eigenvalue weighted by Crippen LogP contribution is -2.41. The molecule has 3 heterocycles. The van der Waals surface area contributed by atoms with Gasteiger partial charge in [0.15, 0.2) is 5.58 Å². The number of fused-ring (bicyclic) bond motifs is 2. The second-order valence-electron chi connectivity index (χ2n) is 8.21. The van der Waals surface area contributed by atoms with Crippen molar-refractivity contribution in [1.29, 1.82) is 0 Å². The van der Waals surface area contributed by atoms with Gasteiger partial charge in [0.2, 0.25) is 10.0 Å². The van der Waals surface area contributed by atoms with Crippen LogP contribution in [0.2, 0.25) is 0 Å². The van der Waals surface area contributed by atoms with Crippen molar-refractivity contribution in [3.05, 3.63) is 57.6 Å². The lowest BCUT2D eigenvalue weighted by molar-refractivity contribution is 0.243. The van der Waals surface area contributed by atoms with Crippen molar-refractivity contribution in [2.45, 2.75) is 44.4 Å². The summed E-state index contributed by atoms with van der Waals surface area (Å²) in [5, 5.41) is 9.24. The van der Waals surface area contributed by atoms with Crippen LogP contribution in [-0.4, -0.2) is 40.7 Å². The molecule has 9 heteroatoms. The molecule has 158 valence electrons. The van der Waals surface area contributed by atoms with Crippen LogP contribution in [0.5, 0.6) is 0 Å². The third kappa shape index (κ3) is 3.67. The largest absolute Gasteiger partial charge is 0.356 e. The number of para-hydroxylation sites is 1. The number of hydrogen-bond acceptors (Lipinski definition) is 6. The molecule has 1 aliphatic heterocycles. The number of aromatic nitrogens is 3. The van der Waals surface area contributed by atoms with Gasteiger partial charge in [-0.3, -0.25) is 4.79 Å². The Labute approximate surface area is 174 Å². The Balaban J connectivity index is 1.24. The minimum Gasteiger partial charge on any atom is -0.356 e. The molecule has 1 saturated heterocycles. The molecule has 3 aromatic rings. The molecule has 0 amide bonds. The SMILES string of the molecule is O=c1cc2c(nn1CC1CCN(S(=O)(=O)Cc3noc4ccccc34)CC1)CCC2. The summed E-state index contributed by atoms with van der Waals surface area (Å²) in [5.74, 6) is 0.0783. The van der Waals surface area contributed by atoms with E-state index >= 15 is 0 Å². The highest BCUT2D eigenvalue weighted by atomic mass is 32.2. The summed E-state index contributed by atoms with van der Waals surface area (Å²) in [6.45, 7) is 1.44. The highest BCUT2D eigenvalue weighted by molar-refractivity contribution is 7.88. The Hall–Kier alpha value is -2.52. The van der Waals surface area contributed by atoms with Crippen molar-refractivity contribution >= 4 is 21.0 Å². The molecule has 0 atom stereocenters. The highest BCUT2D eigenvalue weighted by Crippen LogP contribution is 2.25. The maximum atomic E-state index is 12.9. The summed E-state index contributed by atoms with van der Waals surface area (Å²) in [7, 11) is -3.48. The Bertz CT molecular complexity index is 1240. The fourth-order valence-electron chi connectivity index (χ4n) is 4.49. The lowest BCUT2D eigenvalue weighted by atomic mass is 9.98. The van der Waals surface area contributed by atoms with E-state index in [1.807, 2.05) is 18.2 Å². The van der Waals surface area contributed by atoms with E-state index in [-0.39, 0.29) is 17.2 Å². The average molecular weight is 429 g/mol. The number of benzene rings is 1. The van der Waals surface area contributed by atoms with Gasteiger partial charge in [0, 0.05) is 31.1 Å². The number of sulfonamides is 1. The topological polar surface area (TPSA) is 98.3 Å². The van der Waals surface area contributed by atoms with Gasteiger partial charge >= 0.3 is 0 Å².